The number of amides is 1. The van der Waals surface area contributed by atoms with E-state index in [0.29, 0.717) is 25.3 Å². The van der Waals surface area contributed by atoms with Gasteiger partial charge in [0.1, 0.15) is 0 Å². The van der Waals surface area contributed by atoms with Gasteiger partial charge in [0, 0.05) is 20.0 Å². The van der Waals surface area contributed by atoms with Crippen LogP contribution in [0.25, 0.3) is 0 Å². The first-order valence-corrected chi connectivity index (χ1v) is 5.36. The van der Waals surface area contributed by atoms with Gasteiger partial charge in [-0.05, 0) is 12.8 Å². The maximum atomic E-state index is 13.3. The van der Waals surface area contributed by atoms with Crippen LogP contribution in [0.15, 0.2) is 6.20 Å². The van der Waals surface area contributed by atoms with Gasteiger partial charge in [0.2, 0.25) is 11.9 Å². The summed E-state index contributed by atoms with van der Waals surface area (Å²) in [5.74, 6) is -0.316. The van der Waals surface area contributed by atoms with Crippen molar-refractivity contribution >= 4 is 17.7 Å². The molecule has 0 atom stereocenters. The van der Waals surface area contributed by atoms with Crippen molar-refractivity contribution < 1.29 is 9.18 Å². The standard InChI is InChI=1S/C10H16FN5O/c1-13-10-15-6-7(11)9(16-10)14-5-3-2-4-8(12)17/h6H,2-5H2,1H3,(H2,12,17)(H2,13,14,15,16). The summed E-state index contributed by atoms with van der Waals surface area (Å²) in [5, 5.41) is 5.56. The number of nitrogens with zero attached hydrogens (tertiary/aromatic N) is 2. The molecule has 7 heteroatoms. The Morgan fingerprint density at radius 3 is 2.94 bits per heavy atom. The maximum Gasteiger partial charge on any atom is 0.224 e. The number of rotatable bonds is 7. The largest absolute Gasteiger partial charge is 0.370 e. The Bertz CT molecular complexity index is 385. The summed E-state index contributed by atoms with van der Waals surface area (Å²) in [6.45, 7) is 0.532. The quantitative estimate of drug-likeness (QED) is 0.612. The Kier molecular flexibility index (Phi) is 5.12. The van der Waals surface area contributed by atoms with Gasteiger partial charge < -0.3 is 16.4 Å². The second kappa shape index (κ2) is 6.62. The molecule has 0 fully saturated rings. The summed E-state index contributed by atoms with van der Waals surface area (Å²) in [7, 11) is 1.66. The molecular weight excluding hydrogens is 225 g/mol. The molecule has 1 aromatic heterocycles. The number of nitrogens with one attached hydrogen (secondary N) is 2. The topological polar surface area (TPSA) is 92.9 Å². The molecule has 0 saturated heterocycles. The molecule has 0 aliphatic rings. The van der Waals surface area contributed by atoms with Crippen molar-refractivity contribution in [3.8, 4) is 0 Å². The lowest BCUT2D eigenvalue weighted by Gasteiger charge is -2.07. The Hall–Kier alpha value is -1.92. The van der Waals surface area contributed by atoms with Gasteiger partial charge in [-0.1, -0.05) is 0 Å². The van der Waals surface area contributed by atoms with Crippen molar-refractivity contribution in [3.63, 3.8) is 0 Å². The average Bonchev–Trinajstić information content (AvgIpc) is 2.30. The van der Waals surface area contributed by atoms with Crippen molar-refractivity contribution in [1.29, 1.82) is 0 Å². The third-order valence-corrected chi connectivity index (χ3v) is 2.11. The number of nitrogens with two attached hydrogens (primary N) is 1. The molecule has 1 heterocycles. The number of carbonyl (C=O) groups excluding carboxylic acids is 1. The molecule has 1 aromatic rings. The van der Waals surface area contributed by atoms with Crippen LogP contribution in [-0.2, 0) is 4.79 Å². The molecule has 0 bridgehead atoms. The summed E-state index contributed by atoms with van der Waals surface area (Å²) in [5.41, 5.74) is 5.00. The third kappa shape index (κ3) is 4.62. The highest BCUT2D eigenvalue weighted by atomic mass is 19.1. The van der Waals surface area contributed by atoms with Gasteiger partial charge >= 0.3 is 0 Å². The summed E-state index contributed by atoms with van der Waals surface area (Å²) in [4.78, 5) is 18.1. The van der Waals surface area contributed by atoms with Crippen molar-refractivity contribution in [1.82, 2.24) is 9.97 Å². The lowest BCUT2D eigenvalue weighted by molar-refractivity contribution is -0.118. The van der Waals surface area contributed by atoms with E-state index in [1.807, 2.05) is 0 Å². The van der Waals surface area contributed by atoms with Crippen LogP contribution in [-0.4, -0.2) is 29.5 Å². The Morgan fingerprint density at radius 2 is 2.29 bits per heavy atom. The Balaban J connectivity index is 2.38. The number of hydrogen-bond donors (Lipinski definition) is 3. The molecule has 0 aliphatic carbocycles. The van der Waals surface area contributed by atoms with E-state index in [2.05, 4.69) is 20.6 Å². The van der Waals surface area contributed by atoms with E-state index in [4.69, 9.17) is 5.73 Å². The van der Waals surface area contributed by atoms with Crippen molar-refractivity contribution in [3.05, 3.63) is 12.0 Å². The smallest absolute Gasteiger partial charge is 0.224 e. The molecule has 0 aromatic carbocycles. The van der Waals surface area contributed by atoms with Crippen LogP contribution in [0.3, 0.4) is 0 Å². The molecule has 0 unspecified atom stereocenters. The monoisotopic (exact) mass is 241 g/mol. The maximum absolute atomic E-state index is 13.3. The summed E-state index contributed by atoms with van der Waals surface area (Å²) in [6.07, 6.45) is 2.84. The van der Waals surface area contributed by atoms with E-state index in [-0.39, 0.29) is 11.7 Å². The first kappa shape index (κ1) is 13.1. The number of primary amides is 1. The fourth-order valence-electron chi connectivity index (χ4n) is 1.24. The third-order valence-electron chi connectivity index (χ3n) is 2.11. The van der Waals surface area contributed by atoms with Crippen LogP contribution < -0.4 is 16.4 Å². The highest BCUT2D eigenvalue weighted by Crippen LogP contribution is 2.11. The normalized spacial score (nSPS) is 10.0. The van der Waals surface area contributed by atoms with Crippen molar-refractivity contribution in [2.75, 3.05) is 24.2 Å². The molecule has 17 heavy (non-hydrogen) atoms. The van der Waals surface area contributed by atoms with Gasteiger partial charge in [0.05, 0.1) is 6.20 Å². The summed E-state index contributed by atoms with van der Waals surface area (Å²) in [6, 6.07) is 0. The van der Waals surface area contributed by atoms with Crippen LogP contribution in [0.1, 0.15) is 19.3 Å². The van der Waals surface area contributed by atoms with Crippen LogP contribution in [0, 0.1) is 5.82 Å². The van der Waals surface area contributed by atoms with Gasteiger partial charge in [-0.3, -0.25) is 4.79 Å². The number of aromatic nitrogens is 2. The van der Waals surface area contributed by atoms with Gasteiger partial charge in [-0.25, -0.2) is 9.37 Å². The highest BCUT2D eigenvalue weighted by molar-refractivity contribution is 5.73. The molecular formula is C10H16FN5O. The number of unbranched alkanes of at least 4 members (excludes halogenated alkanes) is 1. The first-order chi connectivity index (χ1) is 8.13. The van der Waals surface area contributed by atoms with E-state index in [1.54, 1.807) is 7.05 Å². The van der Waals surface area contributed by atoms with Gasteiger partial charge in [-0.2, -0.15) is 4.98 Å². The van der Waals surface area contributed by atoms with Crippen molar-refractivity contribution in [2.45, 2.75) is 19.3 Å². The van der Waals surface area contributed by atoms with E-state index < -0.39 is 5.82 Å². The number of hydrogen-bond acceptors (Lipinski definition) is 5. The summed E-state index contributed by atoms with van der Waals surface area (Å²) < 4.78 is 13.3. The molecule has 1 rings (SSSR count). The van der Waals surface area contributed by atoms with E-state index >= 15 is 0 Å². The predicted octanol–water partition coefficient (Wildman–Crippen LogP) is 0.725. The summed E-state index contributed by atoms with van der Waals surface area (Å²) >= 11 is 0. The minimum atomic E-state index is -0.501. The second-order valence-electron chi connectivity index (χ2n) is 3.49. The molecule has 0 aliphatic heterocycles. The van der Waals surface area contributed by atoms with E-state index in [1.165, 1.54) is 0 Å². The van der Waals surface area contributed by atoms with Crippen molar-refractivity contribution in [2.24, 2.45) is 5.73 Å². The molecule has 4 N–H and O–H groups in total. The van der Waals surface area contributed by atoms with E-state index in [0.717, 1.165) is 12.6 Å². The molecule has 94 valence electrons. The van der Waals surface area contributed by atoms with Crippen LogP contribution >= 0.6 is 0 Å². The SMILES string of the molecule is CNc1ncc(F)c(NCCCCC(N)=O)n1. The molecule has 0 spiro atoms. The Morgan fingerprint density at radius 1 is 1.53 bits per heavy atom. The second-order valence-corrected chi connectivity index (χ2v) is 3.49. The lowest BCUT2D eigenvalue weighted by atomic mass is 10.2. The molecule has 6 nitrogen and oxygen atoms in total. The van der Waals surface area contributed by atoms with Crippen LogP contribution in [0.2, 0.25) is 0 Å². The average molecular weight is 241 g/mol. The fraction of sp³-hybridized carbons (Fsp3) is 0.500. The minimum absolute atomic E-state index is 0.156. The highest BCUT2D eigenvalue weighted by Gasteiger charge is 2.05. The van der Waals surface area contributed by atoms with Crippen LogP contribution in [0.5, 0.6) is 0 Å². The first-order valence-electron chi connectivity index (χ1n) is 5.36. The minimum Gasteiger partial charge on any atom is -0.370 e. The van der Waals surface area contributed by atoms with Crippen LogP contribution in [0.4, 0.5) is 16.2 Å². The molecule has 0 saturated carbocycles. The van der Waals surface area contributed by atoms with Gasteiger partial charge in [-0.15, -0.1) is 0 Å². The van der Waals surface area contributed by atoms with Gasteiger partial charge in [0.15, 0.2) is 11.6 Å². The van der Waals surface area contributed by atoms with Gasteiger partial charge in [0.25, 0.3) is 0 Å². The zero-order valence-corrected chi connectivity index (χ0v) is 9.66. The Labute approximate surface area is 98.8 Å². The number of anilines is 2. The predicted molar refractivity (Wildman–Crippen MR) is 63.1 cm³/mol. The zero-order chi connectivity index (χ0) is 12.7. The van der Waals surface area contributed by atoms with E-state index in [9.17, 15) is 9.18 Å². The lowest BCUT2D eigenvalue weighted by Crippen LogP contribution is -2.12. The number of carbonyl (C=O) groups is 1. The molecule has 0 radical (unpaired) electrons. The zero-order valence-electron chi connectivity index (χ0n) is 9.66. The molecule has 1 amide bonds. The fourth-order valence-corrected chi connectivity index (χ4v) is 1.24. The number of halogens is 1.